The van der Waals surface area contributed by atoms with E-state index in [1.165, 1.54) is 12.1 Å². The van der Waals surface area contributed by atoms with E-state index in [0.29, 0.717) is 0 Å². The highest BCUT2D eigenvalue weighted by Crippen LogP contribution is 2.22. The molecule has 0 heterocycles. The molecule has 0 aliphatic heterocycles. The molecule has 0 fully saturated rings. The standard InChI is InChI=1S/C11H14ClN3O3.ClH/c1-11(2,13)6-14-10(16)8-4-3-7(15(17)18)5-9(8)12;/h3-5H,6,13H2,1-2H3,(H,14,16);1H. The van der Waals surface area contributed by atoms with Gasteiger partial charge in [-0.3, -0.25) is 14.9 Å². The number of hydrogen-bond donors (Lipinski definition) is 2. The highest BCUT2D eigenvalue weighted by molar-refractivity contribution is 6.34. The van der Waals surface area contributed by atoms with Gasteiger partial charge in [0.15, 0.2) is 0 Å². The summed E-state index contributed by atoms with van der Waals surface area (Å²) in [6, 6.07) is 3.69. The average Bonchev–Trinajstić information content (AvgIpc) is 2.24. The van der Waals surface area contributed by atoms with E-state index in [-0.39, 0.29) is 35.2 Å². The van der Waals surface area contributed by atoms with E-state index in [1.807, 2.05) is 0 Å². The molecule has 0 aromatic heterocycles. The number of non-ortho nitro benzene ring substituents is 1. The van der Waals surface area contributed by atoms with Crippen LogP contribution in [-0.4, -0.2) is 22.9 Å². The third-order valence-corrected chi connectivity index (χ3v) is 2.43. The van der Waals surface area contributed by atoms with Crippen molar-refractivity contribution in [2.75, 3.05) is 6.54 Å². The fourth-order valence-electron chi connectivity index (χ4n) is 1.21. The zero-order valence-electron chi connectivity index (χ0n) is 10.5. The van der Waals surface area contributed by atoms with Crippen molar-refractivity contribution in [1.82, 2.24) is 5.32 Å². The van der Waals surface area contributed by atoms with Gasteiger partial charge in [0, 0.05) is 24.2 Å². The maximum absolute atomic E-state index is 11.8. The minimum Gasteiger partial charge on any atom is -0.350 e. The van der Waals surface area contributed by atoms with E-state index >= 15 is 0 Å². The molecule has 1 amide bonds. The first kappa shape index (κ1) is 17.6. The van der Waals surface area contributed by atoms with Gasteiger partial charge in [-0.15, -0.1) is 12.4 Å². The van der Waals surface area contributed by atoms with Crippen molar-refractivity contribution >= 4 is 35.6 Å². The SMILES string of the molecule is CC(C)(N)CNC(=O)c1ccc([N+](=O)[O-])cc1Cl.Cl. The van der Waals surface area contributed by atoms with Crippen LogP contribution in [0.25, 0.3) is 0 Å². The van der Waals surface area contributed by atoms with Crippen LogP contribution in [0.1, 0.15) is 24.2 Å². The maximum Gasteiger partial charge on any atom is 0.270 e. The molecule has 0 aliphatic carbocycles. The molecule has 0 radical (unpaired) electrons. The summed E-state index contributed by atoms with van der Waals surface area (Å²) in [6.07, 6.45) is 0. The number of halogens is 2. The topological polar surface area (TPSA) is 98.3 Å². The number of nitro groups is 1. The van der Waals surface area contributed by atoms with Crippen molar-refractivity contribution in [3.8, 4) is 0 Å². The van der Waals surface area contributed by atoms with E-state index < -0.39 is 16.4 Å². The number of nitrogens with one attached hydrogen (secondary N) is 1. The fourth-order valence-corrected chi connectivity index (χ4v) is 1.47. The molecule has 8 heteroatoms. The van der Waals surface area contributed by atoms with Gasteiger partial charge in [0.25, 0.3) is 11.6 Å². The first-order chi connectivity index (χ1) is 8.20. The monoisotopic (exact) mass is 307 g/mol. The van der Waals surface area contributed by atoms with Crippen molar-refractivity contribution in [2.24, 2.45) is 5.73 Å². The molecule has 0 atom stereocenters. The van der Waals surface area contributed by atoms with Gasteiger partial charge in [-0.05, 0) is 19.9 Å². The molecule has 106 valence electrons. The van der Waals surface area contributed by atoms with Gasteiger partial charge < -0.3 is 11.1 Å². The lowest BCUT2D eigenvalue weighted by molar-refractivity contribution is -0.384. The number of nitrogens with zero attached hydrogens (tertiary/aromatic N) is 1. The molecular weight excluding hydrogens is 293 g/mol. The predicted octanol–water partition coefficient (Wildman–Crippen LogP) is 2.14. The van der Waals surface area contributed by atoms with Crippen LogP contribution in [0.5, 0.6) is 0 Å². The molecule has 1 rings (SSSR count). The molecule has 6 nitrogen and oxygen atoms in total. The zero-order chi connectivity index (χ0) is 13.9. The smallest absolute Gasteiger partial charge is 0.270 e. The van der Waals surface area contributed by atoms with Crippen molar-refractivity contribution < 1.29 is 9.72 Å². The van der Waals surface area contributed by atoms with Gasteiger partial charge in [0.05, 0.1) is 15.5 Å². The first-order valence-corrected chi connectivity index (χ1v) is 5.59. The third-order valence-electron chi connectivity index (χ3n) is 2.11. The Balaban J connectivity index is 0.00000324. The van der Waals surface area contributed by atoms with Crippen LogP contribution in [0.15, 0.2) is 18.2 Å². The number of hydrogen-bond acceptors (Lipinski definition) is 4. The van der Waals surface area contributed by atoms with Gasteiger partial charge in [0.1, 0.15) is 0 Å². The molecule has 3 N–H and O–H groups in total. The quantitative estimate of drug-likeness (QED) is 0.657. The molecule has 1 aromatic rings. The number of benzene rings is 1. The van der Waals surface area contributed by atoms with E-state index in [4.69, 9.17) is 17.3 Å². The molecule has 0 aliphatic rings. The Kier molecular flexibility index (Phi) is 6.21. The predicted molar refractivity (Wildman–Crippen MR) is 76.0 cm³/mol. The van der Waals surface area contributed by atoms with Crippen LogP contribution in [0.3, 0.4) is 0 Å². The minimum absolute atomic E-state index is 0. The summed E-state index contributed by atoms with van der Waals surface area (Å²) in [6.45, 7) is 3.81. The second-order valence-corrected chi connectivity index (χ2v) is 5.00. The Bertz CT molecular complexity index is 487. The number of nitrogens with two attached hydrogens (primary N) is 1. The van der Waals surface area contributed by atoms with Crippen LogP contribution < -0.4 is 11.1 Å². The molecule has 0 spiro atoms. The van der Waals surface area contributed by atoms with Gasteiger partial charge in [-0.2, -0.15) is 0 Å². The Morgan fingerprint density at radius 1 is 1.53 bits per heavy atom. The van der Waals surface area contributed by atoms with Crippen molar-refractivity contribution in [1.29, 1.82) is 0 Å². The number of rotatable bonds is 4. The van der Waals surface area contributed by atoms with Crippen molar-refractivity contribution in [3.63, 3.8) is 0 Å². The number of carbonyl (C=O) groups is 1. The lowest BCUT2D eigenvalue weighted by Crippen LogP contribution is -2.45. The van der Waals surface area contributed by atoms with Gasteiger partial charge in [-0.25, -0.2) is 0 Å². The van der Waals surface area contributed by atoms with Crippen LogP contribution in [-0.2, 0) is 0 Å². The fraction of sp³-hybridized carbons (Fsp3) is 0.364. The molecule has 19 heavy (non-hydrogen) atoms. The minimum atomic E-state index is -0.573. The Morgan fingerprint density at radius 2 is 2.11 bits per heavy atom. The lowest BCUT2D eigenvalue weighted by Gasteiger charge is -2.19. The third kappa shape index (κ3) is 5.42. The molecule has 0 saturated carbocycles. The normalized spacial score (nSPS) is 10.5. The molecular formula is C11H15Cl2N3O3. The lowest BCUT2D eigenvalue weighted by atomic mass is 10.1. The van der Waals surface area contributed by atoms with Crippen LogP contribution in [0.2, 0.25) is 5.02 Å². The highest BCUT2D eigenvalue weighted by atomic mass is 35.5. The number of nitro benzene ring substituents is 1. The summed E-state index contributed by atoms with van der Waals surface area (Å²) in [5, 5.41) is 13.2. The molecule has 1 aromatic carbocycles. The molecule has 0 saturated heterocycles. The largest absolute Gasteiger partial charge is 0.350 e. The number of amides is 1. The number of carbonyl (C=O) groups excluding carboxylic acids is 1. The summed E-state index contributed by atoms with van der Waals surface area (Å²) < 4.78 is 0. The second-order valence-electron chi connectivity index (χ2n) is 4.59. The molecule has 0 bridgehead atoms. The first-order valence-electron chi connectivity index (χ1n) is 5.22. The van der Waals surface area contributed by atoms with Gasteiger partial charge in [0.2, 0.25) is 0 Å². The van der Waals surface area contributed by atoms with Gasteiger partial charge in [-0.1, -0.05) is 11.6 Å². The van der Waals surface area contributed by atoms with Crippen LogP contribution >= 0.6 is 24.0 Å². The zero-order valence-corrected chi connectivity index (χ0v) is 12.0. The summed E-state index contributed by atoms with van der Waals surface area (Å²) in [7, 11) is 0. The van der Waals surface area contributed by atoms with E-state index in [2.05, 4.69) is 5.32 Å². The summed E-state index contributed by atoms with van der Waals surface area (Å²) in [5.41, 5.74) is 5.22. The highest BCUT2D eigenvalue weighted by Gasteiger charge is 2.17. The van der Waals surface area contributed by atoms with E-state index in [1.54, 1.807) is 13.8 Å². The Hall–Kier alpha value is -1.37. The van der Waals surface area contributed by atoms with E-state index in [0.717, 1.165) is 6.07 Å². The summed E-state index contributed by atoms with van der Waals surface area (Å²) in [5.74, 6) is -0.409. The Morgan fingerprint density at radius 3 is 2.53 bits per heavy atom. The van der Waals surface area contributed by atoms with Crippen molar-refractivity contribution in [2.45, 2.75) is 19.4 Å². The van der Waals surface area contributed by atoms with Crippen LogP contribution in [0.4, 0.5) is 5.69 Å². The van der Waals surface area contributed by atoms with Gasteiger partial charge >= 0.3 is 0 Å². The van der Waals surface area contributed by atoms with Crippen molar-refractivity contribution in [3.05, 3.63) is 38.9 Å². The maximum atomic E-state index is 11.8. The van der Waals surface area contributed by atoms with Crippen LogP contribution in [0, 0.1) is 10.1 Å². The molecule has 0 unspecified atom stereocenters. The average molecular weight is 308 g/mol. The van der Waals surface area contributed by atoms with E-state index in [9.17, 15) is 14.9 Å². The Labute approximate surface area is 121 Å². The summed E-state index contributed by atoms with van der Waals surface area (Å²) in [4.78, 5) is 21.7. The second kappa shape index (κ2) is 6.70. The summed E-state index contributed by atoms with van der Waals surface area (Å²) >= 11 is 5.82.